The molecular weight excluding hydrogens is 556 g/mol. The number of aliphatic hydroxyl groups excluding tert-OH is 1. The van der Waals surface area contributed by atoms with Gasteiger partial charge in [0.25, 0.3) is 11.8 Å². The highest BCUT2D eigenvalue weighted by Gasteiger charge is 2.30. The van der Waals surface area contributed by atoms with Crippen LogP contribution < -0.4 is 10.1 Å². The zero-order chi connectivity index (χ0) is 31.5. The molecule has 3 aromatic rings. The summed E-state index contributed by atoms with van der Waals surface area (Å²) in [7, 11) is 2.09. The molecule has 0 fully saturated rings. The number of likely N-dealkylation sites (N-methyl/N-ethyl adjacent to an activating group) is 1. The average Bonchev–Trinajstić information content (AvgIpc) is 3.03. The summed E-state index contributed by atoms with van der Waals surface area (Å²) >= 11 is 0. The molecule has 2 heterocycles. The van der Waals surface area contributed by atoms with Crippen molar-refractivity contribution in [3.8, 4) is 5.75 Å². The van der Waals surface area contributed by atoms with Gasteiger partial charge in [-0.05, 0) is 76.1 Å². The number of nitrogens with one attached hydrogen (secondary N) is 1. The number of carbonyl (C=O) groups excluding carboxylic acids is 2. The van der Waals surface area contributed by atoms with Crippen LogP contribution in [0, 0.1) is 5.92 Å². The molecule has 0 bridgehead atoms. The fourth-order valence-electron chi connectivity index (χ4n) is 5.44. The zero-order valence-corrected chi connectivity index (χ0v) is 26.3. The number of anilines is 1. The van der Waals surface area contributed by atoms with Gasteiger partial charge in [-0.3, -0.25) is 19.5 Å². The number of nitrogens with zero attached hydrogens (tertiary/aromatic N) is 3. The second-order valence-corrected chi connectivity index (χ2v) is 11.9. The van der Waals surface area contributed by atoms with Crippen molar-refractivity contribution >= 4 is 17.5 Å². The molecule has 2 amide bonds. The molecule has 0 radical (unpaired) electrons. The Morgan fingerprint density at radius 1 is 1.11 bits per heavy atom. The summed E-state index contributed by atoms with van der Waals surface area (Å²) in [5, 5.41) is 13.1. The first-order valence-electron chi connectivity index (χ1n) is 15.5. The van der Waals surface area contributed by atoms with Crippen molar-refractivity contribution in [3.63, 3.8) is 0 Å². The summed E-state index contributed by atoms with van der Waals surface area (Å²) in [6.45, 7) is 8.24. The highest BCUT2D eigenvalue weighted by atomic mass is 16.5. The van der Waals surface area contributed by atoms with Gasteiger partial charge in [0.05, 0.1) is 30.4 Å². The molecule has 44 heavy (non-hydrogen) atoms. The molecular formula is C35H46N4O5. The Balaban J connectivity index is 1.61. The summed E-state index contributed by atoms with van der Waals surface area (Å²) in [5.74, 6) is -0.135. The first-order valence-corrected chi connectivity index (χ1v) is 15.5. The van der Waals surface area contributed by atoms with Crippen LogP contribution in [-0.4, -0.2) is 83.3 Å². The van der Waals surface area contributed by atoms with Crippen molar-refractivity contribution in [1.82, 2.24) is 14.8 Å². The highest BCUT2D eigenvalue weighted by molar-refractivity contribution is 6.05. The van der Waals surface area contributed by atoms with Crippen LogP contribution in [-0.2, 0) is 11.3 Å². The molecule has 236 valence electrons. The molecule has 4 atom stereocenters. The maximum atomic E-state index is 14.3. The molecule has 4 rings (SSSR count). The number of benzene rings is 2. The Morgan fingerprint density at radius 3 is 2.59 bits per heavy atom. The summed E-state index contributed by atoms with van der Waals surface area (Å²) in [6, 6.07) is 18.3. The number of pyridine rings is 1. The second kappa shape index (κ2) is 16.3. The van der Waals surface area contributed by atoms with Crippen LogP contribution >= 0.6 is 0 Å². The first kappa shape index (κ1) is 33.1. The predicted molar refractivity (Wildman–Crippen MR) is 172 cm³/mol. The van der Waals surface area contributed by atoms with Crippen LogP contribution in [0.2, 0.25) is 0 Å². The lowest BCUT2D eigenvalue weighted by molar-refractivity contribution is -0.0177. The number of hydrogen-bond acceptors (Lipinski definition) is 7. The minimum Gasteiger partial charge on any atom is -0.490 e. The number of rotatable bonds is 8. The second-order valence-electron chi connectivity index (χ2n) is 11.9. The standard InChI is InChI=1S/C35H46N4O5/c1-25-21-39(26(2)24-40)35(42)31-20-30(37-34(41)29-15-17-36-18-16-29)13-14-32(31)44-27(3)10-8-9-19-43-33(25)23-38(4)22-28-11-6-5-7-12-28/h5-7,11-18,20,25-27,33,40H,8-10,19,21-24H2,1-4H3,(H,37,41)/t25-,26-,27+,33-/m0/s1. The van der Waals surface area contributed by atoms with Gasteiger partial charge in [-0.15, -0.1) is 0 Å². The number of carbonyl (C=O) groups is 2. The lowest BCUT2D eigenvalue weighted by Crippen LogP contribution is -2.47. The Labute approximate surface area is 261 Å². The summed E-state index contributed by atoms with van der Waals surface area (Å²) in [4.78, 5) is 35.1. The van der Waals surface area contributed by atoms with Crippen LogP contribution in [0.5, 0.6) is 5.75 Å². The minimum absolute atomic E-state index is 0.0213. The summed E-state index contributed by atoms with van der Waals surface area (Å²) < 4.78 is 12.8. The fourth-order valence-corrected chi connectivity index (χ4v) is 5.44. The Bertz CT molecular complexity index is 1340. The van der Waals surface area contributed by atoms with Crippen molar-refractivity contribution in [2.24, 2.45) is 5.92 Å². The largest absolute Gasteiger partial charge is 0.490 e. The van der Waals surface area contributed by atoms with Crippen LogP contribution in [0.3, 0.4) is 0 Å². The van der Waals surface area contributed by atoms with Crippen LogP contribution in [0.15, 0.2) is 73.1 Å². The monoisotopic (exact) mass is 602 g/mol. The highest BCUT2D eigenvalue weighted by Crippen LogP contribution is 2.29. The van der Waals surface area contributed by atoms with Crippen molar-refractivity contribution in [2.45, 2.75) is 64.8 Å². The summed E-state index contributed by atoms with van der Waals surface area (Å²) in [6.07, 6.45) is 5.51. The molecule has 1 aliphatic heterocycles. The van der Waals surface area contributed by atoms with E-state index in [1.807, 2.05) is 32.0 Å². The lowest BCUT2D eigenvalue weighted by atomic mass is 10.0. The molecule has 0 unspecified atom stereocenters. The third kappa shape index (κ3) is 9.35. The van der Waals surface area contributed by atoms with E-state index in [-0.39, 0.29) is 36.5 Å². The maximum Gasteiger partial charge on any atom is 0.258 e. The van der Waals surface area contributed by atoms with E-state index >= 15 is 0 Å². The maximum absolute atomic E-state index is 14.3. The molecule has 0 spiro atoms. The van der Waals surface area contributed by atoms with E-state index in [2.05, 4.69) is 41.3 Å². The lowest BCUT2D eigenvalue weighted by Gasteiger charge is -2.36. The molecule has 2 aromatic carbocycles. The van der Waals surface area contributed by atoms with E-state index in [0.717, 1.165) is 25.8 Å². The first-order chi connectivity index (χ1) is 21.2. The van der Waals surface area contributed by atoms with E-state index in [0.29, 0.717) is 42.3 Å². The van der Waals surface area contributed by atoms with Crippen LogP contribution in [0.1, 0.15) is 66.3 Å². The Morgan fingerprint density at radius 2 is 1.86 bits per heavy atom. The molecule has 9 heteroatoms. The van der Waals surface area contributed by atoms with E-state index in [9.17, 15) is 14.7 Å². The number of amides is 2. The van der Waals surface area contributed by atoms with E-state index < -0.39 is 6.04 Å². The minimum atomic E-state index is -0.444. The van der Waals surface area contributed by atoms with E-state index in [1.54, 1.807) is 47.6 Å². The number of ether oxygens (including phenoxy) is 2. The van der Waals surface area contributed by atoms with Gasteiger partial charge >= 0.3 is 0 Å². The van der Waals surface area contributed by atoms with Gasteiger partial charge in [0.1, 0.15) is 5.75 Å². The molecule has 0 aliphatic carbocycles. The smallest absolute Gasteiger partial charge is 0.258 e. The quantitative estimate of drug-likeness (QED) is 0.363. The molecule has 1 aliphatic rings. The van der Waals surface area contributed by atoms with Crippen molar-refractivity contribution in [1.29, 1.82) is 0 Å². The number of hydrogen-bond donors (Lipinski definition) is 2. The SMILES string of the molecule is C[C@@H]1CCCCO[C@@H](CN(C)Cc2ccccc2)[C@@H](C)CN([C@@H](C)CO)C(=O)c2cc(NC(=O)c3ccncc3)ccc2O1. The normalized spacial score (nSPS) is 20.7. The van der Waals surface area contributed by atoms with Gasteiger partial charge < -0.3 is 24.8 Å². The topological polar surface area (TPSA) is 104 Å². The van der Waals surface area contributed by atoms with Crippen molar-refractivity contribution < 1.29 is 24.2 Å². The van der Waals surface area contributed by atoms with Crippen molar-refractivity contribution in [3.05, 3.63) is 89.7 Å². The van der Waals surface area contributed by atoms with Gasteiger partial charge in [-0.1, -0.05) is 37.3 Å². The third-order valence-corrected chi connectivity index (χ3v) is 8.04. The number of aromatic nitrogens is 1. The molecule has 0 saturated carbocycles. The van der Waals surface area contributed by atoms with E-state index in [1.165, 1.54) is 5.56 Å². The number of fused-ring (bicyclic) bond motifs is 1. The Kier molecular flexibility index (Phi) is 12.3. The van der Waals surface area contributed by atoms with Gasteiger partial charge in [-0.2, -0.15) is 0 Å². The Hall–Kier alpha value is -3.79. The fraction of sp³-hybridized carbons (Fsp3) is 0.457. The molecule has 2 N–H and O–H groups in total. The molecule has 1 aromatic heterocycles. The van der Waals surface area contributed by atoms with Crippen LogP contribution in [0.4, 0.5) is 5.69 Å². The van der Waals surface area contributed by atoms with Gasteiger partial charge in [-0.25, -0.2) is 0 Å². The van der Waals surface area contributed by atoms with Gasteiger partial charge in [0.15, 0.2) is 0 Å². The third-order valence-electron chi connectivity index (χ3n) is 8.04. The predicted octanol–water partition coefficient (Wildman–Crippen LogP) is 5.26. The molecule has 9 nitrogen and oxygen atoms in total. The molecule has 0 saturated heterocycles. The van der Waals surface area contributed by atoms with Crippen LogP contribution in [0.25, 0.3) is 0 Å². The van der Waals surface area contributed by atoms with Gasteiger partial charge in [0, 0.05) is 55.8 Å². The van der Waals surface area contributed by atoms with Gasteiger partial charge in [0.2, 0.25) is 0 Å². The zero-order valence-electron chi connectivity index (χ0n) is 26.3. The van der Waals surface area contributed by atoms with Crippen molar-refractivity contribution in [2.75, 3.05) is 38.7 Å². The average molecular weight is 603 g/mol. The summed E-state index contributed by atoms with van der Waals surface area (Å²) in [5.41, 5.74) is 2.51. The van der Waals surface area contributed by atoms with E-state index in [4.69, 9.17) is 9.47 Å². The number of aliphatic hydroxyl groups is 1.